The number of hydrogen-bond acceptors (Lipinski definition) is 4. The van der Waals surface area contributed by atoms with Gasteiger partial charge in [-0.2, -0.15) is 0 Å². The molecule has 0 aromatic carbocycles. The monoisotopic (exact) mass is 252 g/mol. The summed E-state index contributed by atoms with van der Waals surface area (Å²) in [7, 11) is 1.58. The number of pyridine rings is 1. The quantitative estimate of drug-likeness (QED) is 0.708. The van der Waals surface area contributed by atoms with Crippen molar-refractivity contribution in [2.24, 2.45) is 0 Å². The Balaban J connectivity index is 2.31. The first-order valence-corrected chi connectivity index (χ1v) is 6.04. The number of amides is 1. The van der Waals surface area contributed by atoms with Gasteiger partial charge in [0, 0.05) is 32.5 Å². The lowest BCUT2D eigenvalue weighted by Crippen LogP contribution is -2.38. The minimum absolute atomic E-state index is 0.0330. The normalized spacial score (nSPS) is 12.1. The Kier molecular flexibility index (Phi) is 6.98. The Bertz CT molecular complexity index is 337. The van der Waals surface area contributed by atoms with Gasteiger partial charge in [-0.3, -0.25) is 9.78 Å². The third-order valence-corrected chi connectivity index (χ3v) is 2.57. The third kappa shape index (κ3) is 5.75. The van der Waals surface area contributed by atoms with Crippen molar-refractivity contribution in [1.82, 2.24) is 10.3 Å². The van der Waals surface area contributed by atoms with Crippen LogP contribution in [-0.4, -0.2) is 42.4 Å². The number of carbonyl (C=O) groups is 1. The number of nitrogens with one attached hydrogen (secondary N) is 1. The van der Waals surface area contributed by atoms with E-state index >= 15 is 0 Å². The zero-order chi connectivity index (χ0) is 13.2. The molecule has 1 amide bonds. The van der Waals surface area contributed by atoms with Gasteiger partial charge in [0.25, 0.3) is 0 Å². The smallest absolute Gasteiger partial charge is 0.220 e. The van der Waals surface area contributed by atoms with Gasteiger partial charge in [0.15, 0.2) is 0 Å². The van der Waals surface area contributed by atoms with Gasteiger partial charge in [0.2, 0.25) is 5.91 Å². The molecule has 0 radical (unpaired) electrons. The van der Waals surface area contributed by atoms with E-state index in [1.54, 1.807) is 19.5 Å². The Labute approximate surface area is 107 Å². The van der Waals surface area contributed by atoms with Crippen LogP contribution in [0, 0.1) is 0 Å². The molecule has 1 heterocycles. The molecule has 1 aromatic rings. The molecular weight excluding hydrogens is 232 g/mol. The van der Waals surface area contributed by atoms with E-state index in [1.165, 1.54) is 0 Å². The molecule has 0 bridgehead atoms. The van der Waals surface area contributed by atoms with Crippen molar-refractivity contribution < 1.29 is 14.6 Å². The topological polar surface area (TPSA) is 71.5 Å². The Morgan fingerprint density at radius 3 is 3.06 bits per heavy atom. The summed E-state index contributed by atoms with van der Waals surface area (Å²) in [5.74, 6) is -0.0330. The second-order valence-electron chi connectivity index (χ2n) is 4.09. The van der Waals surface area contributed by atoms with Crippen molar-refractivity contribution in [1.29, 1.82) is 0 Å². The number of rotatable bonds is 8. The van der Waals surface area contributed by atoms with Crippen molar-refractivity contribution in [2.45, 2.75) is 25.3 Å². The molecule has 1 aromatic heterocycles. The number of methoxy groups -OCH3 is 1. The summed E-state index contributed by atoms with van der Waals surface area (Å²) in [5.41, 5.74) is 1.04. The van der Waals surface area contributed by atoms with Crippen LogP contribution >= 0.6 is 0 Å². The number of ether oxygens (including phenoxy) is 1. The second kappa shape index (κ2) is 8.60. The van der Waals surface area contributed by atoms with Gasteiger partial charge in [-0.25, -0.2) is 0 Å². The summed E-state index contributed by atoms with van der Waals surface area (Å²) in [6.45, 7) is 0.454. The highest BCUT2D eigenvalue weighted by Gasteiger charge is 2.11. The van der Waals surface area contributed by atoms with E-state index in [2.05, 4.69) is 10.3 Å². The van der Waals surface area contributed by atoms with E-state index < -0.39 is 0 Å². The highest BCUT2D eigenvalue weighted by molar-refractivity contribution is 5.76. The first kappa shape index (κ1) is 14.6. The van der Waals surface area contributed by atoms with Crippen LogP contribution in [0.5, 0.6) is 0 Å². The molecule has 100 valence electrons. The van der Waals surface area contributed by atoms with Gasteiger partial charge in [-0.1, -0.05) is 6.07 Å². The molecule has 1 atom stereocenters. The molecule has 1 unspecified atom stereocenters. The van der Waals surface area contributed by atoms with Gasteiger partial charge in [-0.15, -0.1) is 0 Å². The van der Waals surface area contributed by atoms with Crippen LogP contribution in [0.3, 0.4) is 0 Å². The molecule has 2 N–H and O–H groups in total. The summed E-state index contributed by atoms with van der Waals surface area (Å²) in [6.07, 6.45) is 5.05. The molecule has 0 spiro atoms. The number of aliphatic hydroxyl groups excluding tert-OH is 1. The molecule has 5 heteroatoms. The maximum Gasteiger partial charge on any atom is 0.220 e. The van der Waals surface area contributed by atoms with E-state index in [-0.39, 0.29) is 18.6 Å². The molecule has 5 nitrogen and oxygen atoms in total. The molecule has 0 aliphatic heterocycles. The zero-order valence-electron chi connectivity index (χ0n) is 10.6. The maximum atomic E-state index is 11.7. The van der Waals surface area contributed by atoms with E-state index in [0.29, 0.717) is 25.9 Å². The van der Waals surface area contributed by atoms with Crippen molar-refractivity contribution in [2.75, 3.05) is 20.3 Å². The van der Waals surface area contributed by atoms with Gasteiger partial charge in [0.1, 0.15) is 0 Å². The number of aryl methyl sites for hydroxylation is 1. The summed E-state index contributed by atoms with van der Waals surface area (Å²) >= 11 is 0. The van der Waals surface area contributed by atoms with Gasteiger partial charge < -0.3 is 15.2 Å². The average Bonchev–Trinajstić information content (AvgIpc) is 2.38. The predicted molar refractivity (Wildman–Crippen MR) is 68.1 cm³/mol. The molecule has 0 aliphatic rings. The maximum absolute atomic E-state index is 11.7. The SMILES string of the molecule is COCC(CCO)NC(=O)CCc1cccnc1. The van der Waals surface area contributed by atoms with Crippen LogP contribution in [0.2, 0.25) is 0 Å². The van der Waals surface area contributed by atoms with Crippen molar-refractivity contribution in [3.8, 4) is 0 Å². The summed E-state index contributed by atoms with van der Waals surface area (Å²) in [6, 6.07) is 3.68. The lowest BCUT2D eigenvalue weighted by atomic mass is 10.1. The van der Waals surface area contributed by atoms with Gasteiger partial charge >= 0.3 is 0 Å². The third-order valence-electron chi connectivity index (χ3n) is 2.57. The fraction of sp³-hybridized carbons (Fsp3) is 0.538. The van der Waals surface area contributed by atoms with Crippen LogP contribution in [0.1, 0.15) is 18.4 Å². The Morgan fingerprint density at radius 1 is 1.61 bits per heavy atom. The Morgan fingerprint density at radius 2 is 2.44 bits per heavy atom. The minimum atomic E-state index is -0.124. The van der Waals surface area contributed by atoms with Crippen LogP contribution < -0.4 is 5.32 Å². The highest BCUT2D eigenvalue weighted by atomic mass is 16.5. The van der Waals surface area contributed by atoms with Crippen molar-refractivity contribution in [3.63, 3.8) is 0 Å². The molecule has 0 saturated carbocycles. The molecule has 0 saturated heterocycles. The largest absolute Gasteiger partial charge is 0.396 e. The fourth-order valence-electron chi connectivity index (χ4n) is 1.66. The van der Waals surface area contributed by atoms with Crippen molar-refractivity contribution in [3.05, 3.63) is 30.1 Å². The van der Waals surface area contributed by atoms with E-state index in [0.717, 1.165) is 5.56 Å². The number of carbonyl (C=O) groups excluding carboxylic acids is 1. The molecular formula is C13H20N2O3. The Hall–Kier alpha value is -1.46. The lowest BCUT2D eigenvalue weighted by molar-refractivity contribution is -0.122. The minimum Gasteiger partial charge on any atom is -0.396 e. The summed E-state index contributed by atoms with van der Waals surface area (Å²) in [5, 5.41) is 11.7. The van der Waals surface area contributed by atoms with Crippen LogP contribution in [0.25, 0.3) is 0 Å². The highest BCUT2D eigenvalue weighted by Crippen LogP contribution is 2.01. The number of aliphatic hydroxyl groups is 1. The zero-order valence-corrected chi connectivity index (χ0v) is 10.6. The summed E-state index contributed by atoms with van der Waals surface area (Å²) in [4.78, 5) is 15.7. The van der Waals surface area contributed by atoms with E-state index in [9.17, 15) is 4.79 Å². The first-order valence-electron chi connectivity index (χ1n) is 6.04. The molecule has 1 rings (SSSR count). The van der Waals surface area contributed by atoms with E-state index in [1.807, 2.05) is 12.1 Å². The predicted octanol–water partition coefficient (Wildman–Crippen LogP) is 0.528. The van der Waals surface area contributed by atoms with Crippen molar-refractivity contribution >= 4 is 5.91 Å². The second-order valence-corrected chi connectivity index (χ2v) is 4.09. The van der Waals surface area contributed by atoms with Gasteiger partial charge in [-0.05, 0) is 24.5 Å². The van der Waals surface area contributed by atoms with Gasteiger partial charge in [0.05, 0.1) is 12.6 Å². The van der Waals surface area contributed by atoms with Crippen LogP contribution in [-0.2, 0) is 16.0 Å². The first-order chi connectivity index (χ1) is 8.76. The average molecular weight is 252 g/mol. The standard InChI is InChI=1S/C13H20N2O3/c1-18-10-12(6-8-16)15-13(17)5-4-11-3-2-7-14-9-11/h2-3,7,9,12,16H,4-6,8,10H2,1H3,(H,15,17). The number of hydrogen-bond donors (Lipinski definition) is 2. The number of aromatic nitrogens is 1. The fourth-order valence-corrected chi connectivity index (χ4v) is 1.66. The lowest BCUT2D eigenvalue weighted by Gasteiger charge is -2.16. The van der Waals surface area contributed by atoms with Crippen LogP contribution in [0.15, 0.2) is 24.5 Å². The van der Waals surface area contributed by atoms with E-state index in [4.69, 9.17) is 9.84 Å². The molecule has 0 aliphatic carbocycles. The molecule has 0 fully saturated rings. The van der Waals surface area contributed by atoms with Crippen LogP contribution in [0.4, 0.5) is 0 Å². The molecule has 18 heavy (non-hydrogen) atoms. The summed E-state index contributed by atoms with van der Waals surface area (Å²) < 4.78 is 4.98. The number of nitrogens with zero attached hydrogens (tertiary/aromatic N) is 1.